The van der Waals surface area contributed by atoms with Gasteiger partial charge in [0.25, 0.3) is 15.6 Å². The first-order chi connectivity index (χ1) is 22.0. The molecule has 0 atom stereocenters. The predicted molar refractivity (Wildman–Crippen MR) is 173 cm³/mol. The molecule has 0 bridgehead atoms. The van der Waals surface area contributed by atoms with Gasteiger partial charge in [-0.15, -0.1) is 0 Å². The zero-order chi connectivity index (χ0) is 33.6. The second-order valence-electron chi connectivity index (χ2n) is 10.9. The number of aromatic nitrogens is 3. The van der Waals surface area contributed by atoms with Gasteiger partial charge in [0, 0.05) is 31.3 Å². The molecule has 0 spiro atoms. The van der Waals surface area contributed by atoms with E-state index in [4.69, 9.17) is 14.0 Å². The minimum absolute atomic E-state index is 0.0320. The SMILES string of the molecule is CCCCc1nc(C)c(C(=O)O)c(=O)n1Cc1ccc(-c2ccccc2S(=O)(=O)N(COC)c2noc(C)c2C)c(COCC)c1. The molecular weight excluding hydrogens is 612 g/mol. The van der Waals surface area contributed by atoms with Crippen LogP contribution in [-0.4, -0.2) is 54.6 Å². The van der Waals surface area contributed by atoms with Gasteiger partial charge >= 0.3 is 5.97 Å². The number of nitrogens with zero attached hydrogens (tertiary/aromatic N) is 4. The van der Waals surface area contributed by atoms with Gasteiger partial charge in [-0.05, 0) is 56.9 Å². The quantitative estimate of drug-likeness (QED) is 0.169. The summed E-state index contributed by atoms with van der Waals surface area (Å²) >= 11 is 0. The lowest BCUT2D eigenvalue weighted by Gasteiger charge is -2.23. The van der Waals surface area contributed by atoms with E-state index in [9.17, 15) is 23.1 Å². The van der Waals surface area contributed by atoms with Crippen LogP contribution in [0, 0.1) is 20.8 Å². The van der Waals surface area contributed by atoms with E-state index in [1.165, 1.54) is 24.7 Å². The Morgan fingerprint density at radius 3 is 2.46 bits per heavy atom. The lowest BCUT2D eigenvalue weighted by Crippen LogP contribution is -2.34. The maximum absolute atomic E-state index is 14.2. The first-order valence-corrected chi connectivity index (χ1v) is 16.5. The highest BCUT2D eigenvalue weighted by atomic mass is 32.2. The molecule has 0 saturated heterocycles. The molecule has 12 nitrogen and oxygen atoms in total. The van der Waals surface area contributed by atoms with Gasteiger partial charge in [-0.2, -0.15) is 0 Å². The molecule has 46 heavy (non-hydrogen) atoms. The van der Waals surface area contributed by atoms with Gasteiger partial charge in [-0.3, -0.25) is 9.36 Å². The summed E-state index contributed by atoms with van der Waals surface area (Å²) in [6.45, 7) is 9.23. The number of aromatic carboxylic acids is 1. The van der Waals surface area contributed by atoms with Gasteiger partial charge < -0.3 is 19.1 Å². The minimum Gasteiger partial charge on any atom is -0.477 e. The molecule has 13 heteroatoms. The van der Waals surface area contributed by atoms with Crippen molar-refractivity contribution in [3.05, 3.63) is 92.4 Å². The van der Waals surface area contributed by atoms with E-state index in [2.05, 4.69) is 10.1 Å². The molecule has 0 saturated carbocycles. The second-order valence-corrected chi connectivity index (χ2v) is 12.7. The van der Waals surface area contributed by atoms with Crippen LogP contribution in [0.15, 0.2) is 56.7 Å². The molecule has 2 aromatic carbocycles. The summed E-state index contributed by atoms with van der Waals surface area (Å²) in [5, 5.41) is 13.7. The molecular formula is C33H40N4O8S. The summed E-state index contributed by atoms with van der Waals surface area (Å²) in [6, 6.07) is 12.1. The van der Waals surface area contributed by atoms with E-state index in [1.54, 1.807) is 44.2 Å². The van der Waals surface area contributed by atoms with Crippen molar-refractivity contribution >= 4 is 21.8 Å². The Morgan fingerprint density at radius 1 is 1.09 bits per heavy atom. The number of sulfonamides is 1. The van der Waals surface area contributed by atoms with Crippen LogP contribution >= 0.6 is 0 Å². The maximum atomic E-state index is 14.2. The Morgan fingerprint density at radius 2 is 1.83 bits per heavy atom. The van der Waals surface area contributed by atoms with Crippen LogP contribution in [-0.2, 0) is 39.1 Å². The average molecular weight is 653 g/mol. The fourth-order valence-electron chi connectivity index (χ4n) is 5.21. The molecule has 2 heterocycles. The largest absolute Gasteiger partial charge is 0.477 e. The number of rotatable bonds is 15. The molecule has 1 N–H and O–H groups in total. The van der Waals surface area contributed by atoms with Gasteiger partial charge in [0.15, 0.2) is 5.82 Å². The lowest BCUT2D eigenvalue weighted by molar-refractivity contribution is 0.0692. The normalized spacial score (nSPS) is 11.6. The summed E-state index contributed by atoms with van der Waals surface area (Å²) < 4.78 is 47.3. The van der Waals surface area contributed by atoms with E-state index in [-0.39, 0.29) is 41.9 Å². The van der Waals surface area contributed by atoms with Crippen LogP contribution in [0.4, 0.5) is 5.82 Å². The van der Waals surface area contributed by atoms with Crippen molar-refractivity contribution in [3.8, 4) is 11.1 Å². The van der Waals surface area contributed by atoms with Crippen LogP contribution in [0.2, 0.25) is 0 Å². The number of carboxylic acids is 1. The Balaban J connectivity index is 1.85. The molecule has 246 valence electrons. The van der Waals surface area contributed by atoms with Gasteiger partial charge in [0.2, 0.25) is 0 Å². The molecule has 0 aliphatic rings. The Labute approximate surface area is 268 Å². The van der Waals surface area contributed by atoms with Crippen molar-refractivity contribution in [2.45, 2.75) is 71.9 Å². The summed E-state index contributed by atoms with van der Waals surface area (Å²) in [5.41, 5.74) is 2.24. The molecule has 4 rings (SSSR count). The van der Waals surface area contributed by atoms with E-state index in [0.717, 1.165) is 17.1 Å². The van der Waals surface area contributed by atoms with Gasteiger partial charge in [0.1, 0.15) is 23.9 Å². The molecule has 0 aliphatic carbocycles. The Kier molecular flexibility index (Phi) is 11.1. The van der Waals surface area contributed by atoms with Crippen molar-refractivity contribution < 1.29 is 32.3 Å². The smallest absolute Gasteiger partial charge is 0.343 e. The van der Waals surface area contributed by atoms with Crippen LogP contribution in [0.1, 0.15) is 71.0 Å². The number of hydrogen-bond acceptors (Lipinski definition) is 9. The van der Waals surface area contributed by atoms with Crippen LogP contribution in [0.5, 0.6) is 0 Å². The van der Waals surface area contributed by atoms with Crippen molar-refractivity contribution in [1.82, 2.24) is 14.7 Å². The fourth-order valence-corrected chi connectivity index (χ4v) is 6.79. The van der Waals surface area contributed by atoms with Crippen molar-refractivity contribution in [2.24, 2.45) is 0 Å². The van der Waals surface area contributed by atoms with Crippen LogP contribution in [0.3, 0.4) is 0 Å². The van der Waals surface area contributed by atoms with Gasteiger partial charge in [-0.25, -0.2) is 22.5 Å². The van der Waals surface area contributed by atoms with Crippen LogP contribution in [0.25, 0.3) is 11.1 Å². The van der Waals surface area contributed by atoms with Crippen molar-refractivity contribution in [1.29, 1.82) is 0 Å². The molecule has 0 unspecified atom stereocenters. The highest BCUT2D eigenvalue weighted by Crippen LogP contribution is 2.35. The maximum Gasteiger partial charge on any atom is 0.343 e. The van der Waals surface area contributed by atoms with E-state index in [1.807, 2.05) is 19.9 Å². The van der Waals surface area contributed by atoms with Crippen LogP contribution < -0.4 is 9.86 Å². The summed E-state index contributed by atoms with van der Waals surface area (Å²) in [5.74, 6) is -0.187. The van der Waals surface area contributed by atoms with Crippen molar-refractivity contribution in [2.75, 3.05) is 24.8 Å². The third kappa shape index (κ3) is 7.06. The molecule has 0 amide bonds. The fraction of sp³-hybridized carbons (Fsp3) is 0.394. The monoisotopic (exact) mass is 652 g/mol. The lowest BCUT2D eigenvalue weighted by atomic mass is 9.97. The second kappa shape index (κ2) is 14.8. The number of hydrogen-bond donors (Lipinski definition) is 1. The number of ether oxygens (including phenoxy) is 2. The molecule has 2 aromatic heterocycles. The average Bonchev–Trinajstić information content (AvgIpc) is 3.35. The topological polar surface area (TPSA) is 154 Å². The number of methoxy groups -OCH3 is 1. The van der Waals surface area contributed by atoms with Gasteiger partial charge in [-0.1, -0.05) is 54.9 Å². The van der Waals surface area contributed by atoms with E-state index >= 15 is 0 Å². The van der Waals surface area contributed by atoms with E-state index in [0.29, 0.717) is 52.4 Å². The number of carboxylic acid groups (broad SMARTS) is 1. The first-order valence-electron chi connectivity index (χ1n) is 15.0. The molecule has 4 aromatic rings. The predicted octanol–water partition coefficient (Wildman–Crippen LogP) is 5.25. The number of carbonyl (C=O) groups is 1. The number of benzene rings is 2. The Bertz CT molecular complexity index is 1880. The van der Waals surface area contributed by atoms with E-state index < -0.39 is 21.6 Å². The number of anilines is 1. The highest BCUT2D eigenvalue weighted by molar-refractivity contribution is 7.93. The molecule has 0 radical (unpaired) electrons. The first kappa shape index (κ1) is 34.5. The Hall–Kier alpha value is -4.33. The molecule has 0 aliphatic heterocycles. The van der Waals surface area contributed by atoms with Gasteiger partial charge in [0.05, 0.1) is 23.7 Å². The standard InChI is InChI=1S/C33H40N4O8S/c1-7-9-14-29-34-22(4)30(33(39)40)32(38)36(29)18-24-15-16-26(25(17-24)19-44-8-2)27-12-10-11-13-28(27)46(41,42)37(20-43-6)31-21(3)23(5)45-35-31/h10-13,15-17H,7-9,14,18-20H2,1-6H3,(H,39,40). The number of aryl methyl sites for hydroxylation is 3. The minimum atomic E-state index is -4.20. The third-order valence-electron chi connectivity index (χ3n) is 7.73. The summed E-state index contributed by atoms with van der Waals surface area (Å²) in [7, 11) is -2.80. The summed E-state index contributed by atoms with van der Waals surface area (Å²) in [6.07, 6.45) is 2.18. The zero-order valence-corrected chi connectivity index (χ0v) is 27.8. The zero-order valence-electron chi connectivity index (χ0n) is 27.0. The third-order valence-corrected chi connectivity index (χ3v) is 9.50. The highest BCUT2D eigenvalue weighted by Gasteiger charge is 2.32. The number of unbranched alkanes of at least 4 members (excludes halogenated alkanes) is 1. The van der Waals surface area contributed by atoms with Crippen molar-refractivity contribution in [3.63, 3.8) is 0 Å². The molecule has 0 fully saturated rings. The summed E-state index contributed by atoms with van der Waals surface area (Å²) in [4.78, 5) is 29.8.